The van der Waals surface area contributed by atoms with E-state index < -0.39 is 0 Å². The van der Waals surface area contributed by atoms with Crippen molar-refractivity contribution < 1.29 is 9.53 Å². The molecule has 122 valence electrons. The van der Waals surface area contributed by atoms with E-state index in [0.717, 1.165) is 12.0 Å². The fourth-order valence-electron chi connectivity index (χ4n) is 2.12. The molecule has 1 amide bonds. The third kappa shape index (κ3) is 5.54. The summed E-state index contributed by atoms with van der Waals surface area (Å²) in [5.41, 5.74) is 1.53. The molecule has 1 N–H and O–H groups in total. The van der Waals surface area contributed by atoms with Gasteiger partial charge in [0.15, 0.2) is 0 Å². The minimum atomic E-state index is -0.228. The van der Waals surface area contributed by atoms with E-state index in [-0.39, 0.29) is 12.0 Å². The fraction of sp³-hybridized carbons (Fsp3) is 0.278. The van der Waals surface area contributed by atoms with E-state index in [4.69, 9.17) is 27.9 Å². The molecule has 0 heterocycles. The Labute approximate surface area is 146 Å². The summed E-state index contributed by atoms with van der Waals surface area (Å²) in [6, 6.07) is 14.9. The predicted molar refractivity (Wildman–Crippen MR) is 94.2 cm³/mol. The first-order valence-corrected chi connectivity index (χ1v) is 8.23. The summed E-state index contributed by atoms with van der Waals surface area (Å²) >= 11 is 11.9. The number of ether oxygens (including phenoxy) is 1. The highest BCUT2D eigenvalue weighted by Gasteiger charge is 2.10. The molecule has 0 aliphatic carbocycles. The van der Waals surface area contributed by atoms with Crippen LogP contribution in [0.4, 0.5) is 0 Å². The quantitative estimate of drug-likeness (QED) is 0.721. The van der Waals surface area contributed by atoms with Gasteiger partial charge in [-0.15, -0.1) is 0 Å². The maximum atomic E-state index is 12.0. The van der Waals surface area contributed by atoms with E-state index in [1.807, 2.05) is 37.3 Å². The number of rotatable bonds is 7. The van der Waals surface area contributed by atoms with Crippen LogP contribution in [0.1, 0.15) is 35.4 Å². The van der Waals surface area contributed by atoms with Gasteiger partial charge in [-0.2, -0.15) is 0 Å². The van der Waals surface area contributed by atoms with E-state index in [2.05, 4.69) is 5.32 Å². The van der Waals surface area contributed by atoms with Crippen molar-refractivity contribution in [1.29, 1.82) is 0 Å². The first kappa shape index (κ1) is 17.8. The highest BCUT2D eigenvalue weighted by atomic mass is 35.5. The zero-order chi connectivity index (χ0) is 16.7. The second kappa shape index (κ2) is 8.92. The van der Waals surface area contributed by atoms with E-state index >= 15 is 0 Å². The molecule has 0 spiro atoms. The molecule has 0 radical (unpaired) electrons. The van der Waals surface area contributed by atoms with Crippen molar-refractivity contribution >= 4 is 29.1 Å². The monoisotopic (exact) mass is 351 g/mol. The van der Waals surface area contributed by atoms with Crippen molar-refractivity contribution in [2.75, 3.05) is 13.2 Å². The van der Waals surface area contributed by atoms with Crippen molar-refractivity contribution in [2.45, 2.75) is 19.4 Å². The molecule has 0 bridgehead atoms. The van der Waals surface area contributed by atoms with Crippen molar-refractivity contribution in [3.05, 3.63) is 69.7 Å². The average molecular weight is 352 g/mol. The number of carbonyl (C=O) groups excluding carboxylic acids is 1. The SMILES string of the molecule is C[C@@H](OCCCNC(=O)c1cc(Cl)ccc1Cl)c1ccccc1. The van der Waals surface area contributed by atoms with E-state index in [0.29, 0.717) is 28.8 Å². The maximum Gasteiger partial charge on any atom is 0.252 e. The summed E-state index contributed by atoms with van der Waals surface area (Å²) in [6.45, 7) is 3.10. The Balaban J connectivity index is 1.71. The highest BCUT2D eigenvalue weighted by molar-refractivity contribution is 6.35. The summed E-state index contributed by atoms with van der Waals surface area (Å²) in [7, 11) is 0. The Morgan fingerprint density at radius 3 is 2.65 bits per heavy atom. The highest BCUT2D eigenvalue weighted by Crippen LogP contribution is 2.20. The molecule has 5 heteroatoms. The topological polar surface area (TPSA) is 38.3 Å². The van der Waals surface area contributed by atoms with Gasteiger partial charge in [0, 0.05) is 18.2 Å². The first-order chi connectivity index (χ1) is 11.1. The van der Waals surface area contributed by atoms with Crippen LogP contribution in [0.5, 0.6) is 0 Å². The van der Waals surface area contributed by atoms with Gasteiger partial charge >= 0.3 is 0 Å². The normalized spacial score (nSPS) is 12.0. The first-order valence-electron chi connectivity index (χ1n) is 7.47. The maximum absolute atomic E-state index is 12.0. The molecular weight excluding hydrogens is 333 g/mol. The van der Waals surface area contributed by atoms with Gasteiger partial charge in [0.1, 0.15) is 0 Å². The van der Waals surface area contributed by atoms with Crippen molar-refractivity contribution in [3.8, 4) is 0 Å². The Morgan fingerprint density at radius 1 is 1.17 bits per heavy atom. The number of halogens is 2. The molecule has 3 nitrogen and oxygen atoms in total. The van der Waals surface area contributed by atoms with Gasteiger partial charge in [-0.3, -0.25) is 4.79 Å². The van der Waals surface area contributed by atoms with E-state index in [1.54, 1.807) is 18.2 Å². The van der Waals surface area contributed by atoms with Gasteiger partial charge < -0.3 is 10.1 Å². The standard InChI is InChI=1S/C18H19Cl2NO2/c1-13(14-6-3-2-4-7-14)23-11-5-10-21-18(22)16-12-15(19)8-9-17(16)20/h2-4,6-9,12-13H,5,10-11H2,1H3,(H,21,22)/t13-/m1/s1. The molecule has 0 aliphatic heterocycles. The molecule has 0 saturated heterocycles. The predicted octanol–water partition coefficient (Wildman–Crippen LogP) is 4.89. The lowest BCUT2D eigenvalue weighted by molar-refractivity contribution is 0.0635. The smallest absolute Gasteiger partial charge is 0.252 e. The van der Waals surface area contributed by atoms with Gasteiger partial charge in [0.25, 0.3) is 5.91 Å². The van der Waals surface area contributed by atoms with Crippen LogP contribution in [-0.2, 0) is 4.74 Å². The molecule has 23 heavy (non-hydrogen) atoms. The van der Waals surface area contributed by atoms with Crippen LogP contribution >= 0.6 is 23.2 Å². The zero-order valence-electron chi connectivity index (χ0n) is 12.9. The number of nitrogens with one attached hydrogen (secondary N) is 1. The van der Waals surface area contributed by atoms with Gasteiger partial charge in [-0.1, -0.05) is 53.5 Å². The Hall–Kier alpha value is -1.55. The van der Waals surface area contributed by atoms with Crippen LogP contribution in [-0.4, -0.2) is 19.1 Å². The van der Waals surface area contributed by atoms with Crippen molar-refractivity contribution in [3.63, 3.8) is 0 Å². The van der Waals surface area contributed by atoms with Gasteiger partial charge in [-0.25, -0.2) is 0 Å². The van der Waals surface area contributed by atoms with Crippen molar-refractivity contribution in [2.24, 2.45) is 0 Å². The third-order valence-electron chi connectivity index (χ3n) is 3.42. The lowest BCUT2D eigenvalue weighted by atomic mass is 10.1. The number of hydrogen-bond donors (Lipinski definition) is 1. The van der Waals surface area contributed by atoms with Crippen LogP contribution in [0.25, 0.3) is 0 Å². The van der Waals surface area contributed by atoms with Crippen LogP contribution in [0.15, 0.2) is 48.5 Å². The molecule has 0 aliphatic rings. The van der Waals surface area contributed by atoms with Crippen LogP contribution < -0.4 is 5.32 Å². The second-order valence-electron chi connectivity index (χ2n) is 5.16. The Bertz CT molecular complexity index is 647. The molecule has 0 fully saturated rings. The number of benzene rings is 2. The van der Waals surface area contributed by atoms with Crippen LogP contribution in [0.3, 0.4) is 0 Å². The molecule has 1 atom stereocenters. The summed E-state index contributed by atoms with van der Waals surface area (Å²) in [6.07, 6.45) is 0.760. The Kier molecular flexibility index (Phi) is 6.90. The Morgan fingerprint density at radius 2 is 1.91 bits per heavy atom. The lowest BCUT2D eigenvalue weighted by Crippen LogP contribution is -2.25. The summed E-state index contributed by atoms with van der Waals surface area (Å²) in [5.74, 6) is -0.228. The van der Waals surface area contributed by atoms with Gasteiger partial charge in [0.2, 0.25) is 0 Å². The zero-order valence-corrected chi connectivity index (χ0v) is 14.4. The molecular formula is C18H19Cl2NO2. The molecule has 0 saturated carbocycles. The number of hydrogen-bond acceptors (Lipinski definition) is 2. The lowest BCUT2D eigenvalue weighted by Gasteiger charge is -2.13. The fourth-order valence-corrected chi connectivity index (χ4v) is 2.50. The summed E-state index contributed by atoms with van der Waals surface area (Å²) in [5, 5.41) is 3.69. The minimum absolute atomic E-state index is 0.0364. The largest absolute Gasteiger partial charge is 0.374 e. The molecule has 2 rings (SSSR count). The summed E-state index contributed by atoms with van der Waals surface area (Å²) < 4.78 is 5.76. The van der Waals surface area contributed by atoms with Crippen LogP contribution in [0.2, 0.25) is 10.0 Å². The molecule has 0 aromatic heterocycles. The molecule has 0 unspecified atom stereocenters. The third-order valence-corrected chi connectivity index (χ3v) is 3.98. The van der Waals surface area contributed by atoms with E-state index in [9.17, 15) is 4.79 Å². The number of amides is 1. The summed E-state index contributed by atoms with van der Waals surface area (Å²) in [4.78, 5) is 12.0. The molecule has 2 aromatic carbocycles. The average Bonchev–Trinajstić information content (AvgIpc) is 2.57. The minimum Gasteiger partial charge on any atom is -0.374 e. The van der Waals surface area contributed by atoms with Gasteiger partial charge in [0.05, 0.1) is 16.7 Å². The van der Waals surface area contributed by atoms with Crippen LogP contribution in [0, 0.1) is 0 Å². The van der Waals surface area contributed by atoms with E-state index in [1.165, 1.54) is 0 Å². The van der Waals surface area contributed by atoms with Crippen molar-refractivity contribution in [1.82, 2.24) is 5.32 Å². The van der Waals surface area contributed by atoms with Gasteiger partial charge in [-0.05, 0) is 37.1 Å². The number of carbonyl (C=O) groups is 1. The second-order valence-corrected chi connectivity index (χ2v) is 6.00. The molecule has 2 aromatic rings.